The molecule has 0 radical (unpaired) electrons. The van der Waals surface area contributed by atoms with Gasteiger partial charge in [0.05, 0.1) is 0 Å². The monoisotopic (exact) mass is 228 g/mol. The molecule has 1 heterocycles. The Balaban J connectivity index is 2.66. The zero-order valence-electron chi connectivity index (χ0n) is 8.86. The normalized spacial score (nSPS) is 20.1. The number of carbonyl (C=O) groups is 4. The smallest absolute Gasteiger partial charge is 0.323 e. The number of nitrogens with one attached hydrogen (secondary N) is 3. The number of amides is 6. The maximum Gasteiger partial charge on any atom is 0.323 e. The van der Waals surface area contributed by atoms with Crippen molar-refractivity contribution in [2.75, 3.05) is 20.6 Å². The molecule has 1 aliphatic heterocycles. The van der Waals surface area contributed by atoms with Crippen LogP contribution in [-0.4, -0.2) is 49.4 Å². The molecule has 8 heteroatoms. The first-order valence-corrected chi connectivity index (χ1v) is 4.54. The maximum absolute atomic E-state index is 11.5. The average molecular weight is 228 g/mol. The predicted molar refractivity (Wildman–Crippen MR) is 52.3 cm³/mol. The van der Waals surface area contributed by atoms with E-state index in [1.807, 2.05) is 10.6 Å². The van der Waals surface area contributed by atoms with Crippen LogP contribution in [-0.2, 0) is 9.59 Å². The van der Waals surface area contributed by atoms with Gasteiger partial charge in [-0.2, -0.15) is 0 Å². The maximum atomic E-state index is 11.5. The second-order valence-electron chi connectivity index (χ2n) is 3.30. The molecule has 0 bridgehead atoms. The van der Waals surface area contributed by atoms with Gasteiger partial charge < -0.3 is 10.2 Å². The standard InChI is InChI=1S/C8H12N4O4/c1-9-7(15)10-5(13)4-3-12(2)8(16)11-6(4)14/h4H,3H2,1-2H3,(H,11,14,16)(H2,9,10,13,15). The summed E-state index contributed by atoms with van der Waals surface area (Å²) in [5, 5.41) is 6.17. The zero-order valence-corrected chi connectivity index (χ0v) is 8.86. The van der Waals surface area contributed by atoms with Gasteiger partial charge >= 0.3 is 12.1 Å². The molecule has 0 aromatic heterocycles. The Morgan fingerprint density at radius 3 is 2.62 bits per heavy atom. The molecule has 6 amide bonds. The van der Waals surface area contributed by atoms with Crippen molar-refractivity contribution in [2.24, 2.45) is 5.92 Å². The Kier molecular flexibility index (Phi) is 3.44. The van der Waals surface area contributed by atoms with Crippen molar-refractivity contribution in [1.82, 2.24) is 20.9 Å². The molecule has 1 atom stereocenters. The molecule has 0 spiro atoms. The van der Waals surface area contributed by atoms with Crippen molar-refractivity contribution >= 4 is 23.9 Å². The fraction of sp³-hybridized carbons (Fsp3) is 0.500. The molecule has 1 unspecified atom stereocenters. The second kappa shape index (κ2) is 4.60. The minimum Gasteiger partial charge on any atom is -0.341 e. The first-order chi connectivity index (χ1) is 7.45. The number of carbonyl (C=O) groups excluding carboxylic acids is 4. The molecule has 16 heavy (non-hydrogen) atoms. The molecule has 1 aliphatic rings. The van der Waals surface area contributed by atoms with E-state index >= 15 is 0 Å². The lowest BCUT2D eigenvalue weighted by molar-refractivity contribution is -0.135. The van der Waals surface area contributed by atoms with Crippen LogP contribution in [0.15, 0.2) is 0 Å². The van der Waals surface area contributed by atoms with Gasteiger partial charge in [0.2, 0.25) is 11.8 Å². The average Bonchev–Trinajstić information content (AvgIpc) is 2.23. The van der Waals surface area contributed by atoms with Crippen LogP contribution in [0.5, 0.6) is 0 Å². The number of rotatable bonds is 1. The van der Waals surface area contributed by atoms with Gasteiger partial charge in [0.1, 0.15) is 5.92 Å². The van der Waals surface area contributed by atoms with Crippen LogP contribution in [0.1, 0.15) is 0 Å². The lowest BCUT2D eigenvalue weighted by Crippen LogP contribution is -2.58. The van der Waals surface area contributed by atoms with E-state index in [0.717, 1.165) is 0 Å². The summed E-state index contributed by atoms with van der Waals surface area (Å²) in [7, 11) is 2.79. The van der Waals surface area contributed by atoms with E-state index in [4.69, 9.17) is 0 Å². The van der Waals surface area contributed by atoms with E-state index in [1.165, 1.54) is 19.0 Å². The molecule has 3 N–H and O–H groups in total. The summed E-state index contributed by atoms with van der Waals surface area (Å²) in [5.41, 5.74) is 0. The highest BCUT2D eigenvalue weighted by Gasteiger charge is 2.35. The van der Waals surface area contributed by atoms with Crippen molar-refractivity contribution in [2.45, 2.75) is 0 Å². The summed E-state index contributed by atoms with van der Waals surface area (Å²) >= 11 is 0. The van der Waals surface area contributed by atoms with E-state index in [0.29, 0.717) is 0 Å². The molecular formula is C8H12N4O4. The molecular weight excluding hydrogens is 216 g/mol. The van der Waals surface area contributed by atoms with Crippen LogP contribution >= 0.6 is 0 Å². The fourth-order valence-electron chi connectivity index (χ4n) is 1.19. The minimum atomic E-state index is -1.07. The molecule has 8 nitrogen and oxygen atoms in total. The molecule has 0 aliphatic carbocycles. The third-order valence-corrected chi connectivity index (χ3v) is 2.13. The van der Waals surface area contributed by atoms with Crippen LogP contribution < -0.4 is 16.0 Å². The highest BCUT2D eigenvalue weighted by Crippen LogP contribution is 2.06. The fourth-order valence-corrected chi connectivity index (χ4v) is 1.19. The molecule has 0 aromatic rings. The van der Waals surface area contributed by atoms with E-state index in [2.05, 4.69) is 5.32 Å². The Bertz CT molecular complexity index is 354. The number of nitrogens with zero attached hydrogens (tertiary/aromatic N) is 1. The lowest BCUT2D eigenvalue weighted by atomic mass is 10.1. The van der Waals surface area contributed by atoms with Gasteiger partial charge in [0.15, 0.2) is 0 Å². The van der Waals surface area contributed by atoms with Crippen molar-refractivity contribution in [3.05, 3.63) is 0 Å². The van der Waals surface area contributed by atoms with E-state index in [9.17, 15) is 19.2 Å². The Hall–Kier alpha value is -2.12. The third kappa shape index (κ3) is 2.47. The third-order valence-electron chi connectivity index (χ3n) is 2.13. The number of hydrogen-bond donors (Lipinski definition) is 3. The number of urea groups is 2. The van der Waals surface area contributed by atoms with E-state index in [-0.39, 0.29) is 6.54 Å². The van der Waals surface area contributed by atoms with Gasteiger partial charge in [-0.15, -0.1) is 0 Å². The van der Waals surface area contributed by atoms with Gasteiger partial charge in [0.25, 0.3) is 0 Å². The van der Waals surface area contributed by atoms with Crippen molar-refractivity contribution in [1.29, 1.82) is 0 Å². The highest BCUT2D eigenvalue weighted by molar-refractivity contribution is 6.11. The van der Waals surface area contributed by atoms with Crippen LogP contribution in [0, 0.1) is 5.92 Å². The van der Waals surface area contributed by atoms with Gasteiger partial charge in [-0.25, -0.2) is 9.59 Å². The van der Waals surface area contributed by atoms with Gasteiger partial charge in [-0.05, 0) is 0 Å². The zero-order chi connectivity index (χ0) is 12.3. The molecule has 0 aromatic carbocycles. The van der Waals surface area contributed by atoms with Crippen molar-refractivity contribution < 1.29 is 19.2 Å². The molecule has 1 fully saturated rings. The van der Waals surface area contributed by atoms with E-state index in [1.54, 1.807) is 0 Å². The Morgan fingerprint density at radius 1 is 1.44 bits per heavy atom. The largest absolute Gasteiger partial charge is 0.341 e. The van der Waals surface area contributed by atoms with Crippen molar-refractivity contribution in [3.63, 3.8) is 0 Å². The number of imide groups is 2. The van der Waals surface area contributed by atoms with Gasteiger partial charge in [-0.1, -0.05) is 0 Å². The molecule has 88 valence electrons. The van der Waals surface area contributed by atoms with Crippen LogP contribution in [0.4, 0.5) is 9.59 Å². The molecule has 1 rings (SSSR count). The van der Waals surface area contributed by atoms with Crippen LogP contribution in [0.25, 0.3) is 0 Å². The summed E-state index contributed by atoms with van der Waals surface area (Å²) in [6.07, 6.45) is 0. The minimum absolute atomic E-state index is 0.0481. The Morgan fingerprint density at radius 2 is 2.06 bits per heavy atom. The summed E-state index contributed by atoms with van der Waals surface area (Å²) in [5.74, 6) is -2.51. The van der Waals surface area contributed by atoms with Gasteiger partial charge in [-0.3, -0.25) is 20.2 Å². The molecule has 0 saturated carbocycles. The number of hydrogen-bond acceptors (Lipinski definition) is 4. The topological polar surface area (TPSA) is 108 Å². The highest BCUT2D eigenvalue weighted by atomic mass is 16.2. The van der Waals surface area contributed by atoms with Crippen LogP contribution in [0.3, 0.4) is 0 Å². The summed E-state index contributed by atoms with van der Waals surface area (Å²) < 4.78 is 0. The van der Waals surface area contributed by atoms with Crippen molar-refractivity contribution in [3.8, 4) is 0 Å². The quantitative estimate of drug-likeness (QED) is 0.462. The second-order valence-corrected chi connectivity index (χ2v) is 3.30. The summed E-state index contributed by atoms with van der Waals surface area (Å²) in [6.45, 7) is -0.0481. The first kappa shape index (κ1) is 12.0. The molecule has 1 saturated heterocycles. The van der Waals surface area contributed by atoms with E-state index < -0.39 is 29.8 Å². The predicted octanol–water partition coefficient (Wildman–Crippen LogP) is -1.76. The first-order valence-electron chi connectivity index (χ1n) is 4.54. The summed E-state index contributed by atoms with van der Waals surface area (Å²) in [4.78, 5) is 45.9. The van der Waals surface area contributed by atoms with Gasteiger partial charge in [0, 0.05) is 20.6 Å². The SMILES string of the molecule is CNC(=O)NC(=O)C1CN(C)C(=O)NC1=O. The van der Waals surface area contributed by atoms with Crippen LogP contribution in [0.2, 0.25) is 0 Å². The Labute approximate surface area is 91.3 Å². The lowest BCUT2D eigenvalue weighted by Gasteiger charge is -2.27. The summed E-state index contributed by atoms with van der Waals surface area (Å²) in [6, 6.07) is -1.26.